The van der Waals surface area contributed by atoms with Gasteiger partial charge in [0.1, 0.15) is 12.1 Å². The van der Waals surface area contributed by atoms with E-state index in [2.05, 4.69) is 51.6 Å². The molecule has 0 fully saturated rings. The van der Waals surface area contributed by atoms with E-state index in [1.54, 1.807) is 4.52 Å². The normalized spacial score (nSPS) is 11.0. The number of hydrogen-bond acceptors (Lipinski definition) is 4. The molecular weight excluding hydrogens is 286 g/mol. The van der Waals surface area contributed by atoms with Crippen molar-refractivity contribution in [3.63, 3.8) is 0 Å². The third-order valence-electron chi connectivity index (χ3n) is 3.93. The summed E-state index contributed by atoms with van der Waals surface area (Å²) < 4.78 is 1.71. The summed E-state index contributed by atoms with van der Waals surface area (Å²) in [5, 5.41) is 7.61. The van der Waals surface area contributed by atoms with Crippen molar-refractivity contribution in [1.82, 2.24) is 19.6 Å². The van der Waals surface area contributed by atoms with E-state index in [-0.39, 0.29) is 0 Å². The summed E-state index contributed by atoms with van der Waals surface area (Å²) in [6.07, 6.45) is 7.87. The van der Waals surface area contributed by atoms with Gasteiger partial charge in [-0.25, -0.2) is 4.98 Å². The molecule has 0 spiro atoms. The molecule has 0 aliphatic heterocycles. The Morgan fingerprint density at radius 3 is 2.70 bits per heavy atom. The average molecular weight is 309 g/mol. The molecule has 0 saturated heterocycles. The van der Waals surface area contributed by atoms with Crippen molar-refractivity contribution in [2.45, 2.75) is 46.0 Å². The van der Waals surface area contributed by atoms with E-state index in [9.17, 15) is 0 Å². The minimum Gasteiger partial charge on any atom is -0.340 e. The van der Waals surface area contributed by atoms with Crippen molar-refractivity contribution < 1.29 is 0 Å². The first-order valence-electron chi connectivity index (χ1n) is 8.29. The lowest BCUT2D eigenvalue weighted by Crippen LogP contribution is -2.02. The van der Waals surface area contributed by atoms with E-state index in [0.29, 0.717) is 5.78 Å². The summed E-state index contributed by atoms with van der Waals surface area (Å²) in [5.74, 6) is 1.49. The monoisotopic (exact) mass is 309 g/mol. The lowest BCUT2D eigenvalue weighted by molar-refractivity contribution is 0.667. The first-order valence-corrected chi connectivity index (χ1v) is 8.29. The topological polar surface area (TPSA) is 55.1 Å². The number of nitrogens with one attached hydrogen (secondary N) is 1. The maximum absolute atomic E-state index is 4.35. The number of anilines is 2. The van der Waals surface area contributed by atoms with Crippen LogP contribution in [-0.4, -0.2) is 19.6 Å². The number of unbranched alkanes of at least 4 members (excludes halogenated alkanes) is 3. The molecule has 1 N–H and O–H groups in total. The highest BCUT2D eigenvalue weighted by atomic mass is 15.3. The molecule has 5 heteroatoms. The van der Waals surface area contributed by atoms with Crippen molar-refractivity contribution in [3.05, 3.63) is 47.9 Å². The molecule has 23 heavy (non-hydrogen) atoms. The molecule has 0 radical (unpaired) electrons. The van der Waals surface area contributed by atoms with Crippen LogP contribution in [0.5, 0.6) is 0 Å². The first-order chi connectivity index (χ1) is 11.3. The molecule has 0 amide bonds. The third kappa shape index (κ3) is 3.86. The fraction of sp³-hybridized carbons (Fsp3) is 0.389. The Morgan fingerprint density at radius 1 is 1.09 bits per heavy atom. The Bertz CT molecular complexity index is 761. The highest BCUT2D eigenvalue weighted by Gasteiger charge is 2.05. The summed E-state index contributed by atoms with van der Waals surface area (Å²) in [5.41, 5.74) is 3.36. The molecule has 0 aliphatic carbocycles. The van der Waals surface area contributed by atoms with Crippen molar-refractivity contribution in [1.29, 1.82) is 0 Å². The van der Waals surface area contributed by atoms with Gasteiger partial charge in [0.15, 0.2) is 0 Å². The lowest BCUT2D eigenvalue weighted by atomic mass is 10.1. The number of aryl methyl sites for hydroxylation is 2. The molecule has 0 saturated carbocycles. The van der Waals surface area contributed by atoms with Crippen LogP contribution in [0.1, 0.15) is 43.9 Å². The number of rotatable bonds is 7. The Hall–Kier alpha value is -2.43. The SMILES string of the molecule is CCCCCCc1ccc(Nc2cc(C)nc3ncnn23)cc1. The maximum atomic E-state index is 4.35. The second-order valence-corrected chi connectivity index (χ2v) is 5.89. The molecule has 2 heterocycles. The van der Waals surface area contributed by atoms with Gasteiger partial charge in [0, 0.05) is 17.4 Å². The van der Waals surface area contributed by atoms with Gasteiger partial charge >= 0.3 is 0 Å². The van der Waals surface area contributed by atoms with E-state index < -0.39 is 0 Å². The summed E-state index contributed by atoms with van der Waals surface area (Å²) in [4.78, 5) is 8.50. The summed E-state index contributed by atoms with van der Waals surface area (Å²) in [6.45, 7) is 4.20. The molecule has 0 unspecified atom stereocenters. The Morgan fingerprint density at radius 2 is 1.91 bits per heavy atom. The molecule has 3 rings (SSSR count). The minimum absolute atomic E-state index is 0.611. The van der Waals surface area contributed by atoms with Gasteiger partial charge < -0.3 is 5.32 Å². The molecule has 1 aromatic carbocycles. The van der Waals surface area contributed by atoms with Gasteiger partial charge in [-0.2, -0.15) is 14.6 Å². The van der Waals surface area contributed by atoms with Gasteiger partial charge in [0.05, 0.1) is 0 Å². The number of benzene rings is 1. The zero-order valence-corrected chi connectivity index (χ0v) is 13.8. The molecule has 0 atom stereocenters. The molecular formula is C18H23N5. The standard InChI is InChI=1S/C18H23N5/c1-3-4-5-6-7-15-8-10-16(11-9-15)22-17-12-14(2)21-18-19-13-20-23(17)18/h8-13,22H,3-7H2,1-2H3. The van der Waals surface area contributed by atoms with Crippen LogP contribution in [0.4, 0.5) is 11.5 Å². The van der Waals surface area contributed by atoms with Gasteiger partial charge in [0.25, 0.3) is 5.78 Å². The lowest BCUT2D eigenvalue weighted by Gasteiger charge is -2.09. The summed E-state index contributed by atoms with van der Waals surface area (Å²) in [7, 11) is 0. The second kappa shape index (κ2) is 7.22. The van der Waals surface area contributed by atoms with Crippen molar-refractivity contribution in [2.24, 2.45) is 0 Å². The number of aromatic nitrogens is 4. The van der Waals surface area contributed by atoms with Gasteiger partial charge in [-0.3, -0.25) is 0 Å². The fourth-order valence-electron chi connectivity index (χ4n) is 2.68. The van der Waals surface area contributed by atoms with Crippen LogP contribution in [0.2, 0.25) is 0 Å². The second-order valence-electron chi connectivity index (χ2n) is 5.89. The van der Waals surface area contributed by atoms with E-state index in [4.69, 9.17) is 0 Å². The summed E-state index contributed by atoms with van der Waals surface area (Å²) >= 11 is 0. The van der Waals surface area contributed by atoms with Crippen molar-refractivity contribution in [2.75, 3.05) is 5.32 Å². The van der Waals surface area contributed by atoms with Gasteiger partial charge in [-0.15, -0.1) is 0 Å². The molecule has 2 aromatic heterocycles. The Kier molecular flexibility index (Phi) is 4.86. The molecule has 5 nitrogen and oxygen atoms in total. The van der Waals surface area contributed by atoms with Gasteiger partial charge in [0.2, 0.25) is 0 Å². The molecule has 3 aromatic rings. The van der Waals surface area contributed by atoms with Crippen LogP contribution in [0.25, 0.3) is 5.78 Å². The van der Waals surface area contributed by atoms with Crippen LogP contribution in [0, 0.1) is 6.92 Å². The fourth-order valence-corrected chi connectivity index (χ4v) is 2.68. The average Bonchev–Trinajstić information content (AvgIpc) is 3.01. The smallest absolute Gasteiger partial charge is 0.254 e. The quantitative estimate of drug-likeness (QED) is 0.661. The number of nitrogens with zero attached hydrogens (tertiary/aromatic N) is 4. The van der Waals surface area contributed by atoms with E-state index in [0.717, 1.165) is 23.6 Å². The van der Waals surface area contributed by atoms with Gasteiger partial charge in [-0.05, 0) is 37.5 Å². The summed E-state index contributed by atoms with van der Waals surface area (Å²) in [6, 6.07) is 10.6. The van der Waals surface area contributed by atoms with Crippen LogP contribution in [0.15, 0.2) is 36.7 Å². The van der Waals surface area contributed by atoms with Crippen LogP contribution in [0.3, 0.4) is 0 Å². The molecule has 0 bridgehead atoms. The van der Waals surface area contributed by atoms with Crippen LogP contribution in [-0.2, 0) is 6.42 Å². The Labute approximate surface area is 136 Å². The van der Waals surface area contributed by atoms with E-state index >= 15 is 0 Å². The molecule has 120 valence electrons. The minimum atomic E-state index is 0.611. The van der Waals surface area contributed by atoms with Crippen molar-refractivity contribution >= 4 is 17.3 Å². The number of fused-ring (bicyclic) bond motifs is 1. The Balaban J connectivity index is 1.69. The molecule has 0 aliphatic rings. The highest BCUT2D eigenvalue weighted by molar-refractivity contribution is 5.58. The van der Waals surface area contributed by atoms with Gasteiger partial charge in [-0.1, -0.05) is 38.3 Å². The van der Waals surface area contributed by atoms with E-state index in [1.807, 2.05) is 13.0 Å². The predicted octanol–water partition coefficient (Wildman–Crippen LogP) is 4.30. The van der Waals surface area contributed by atoms with Crippen LogP contribution < -0.4 is 5.32 Å². The van der Waals surface area contributed by atoms with Crippen molar-refractivity contribution in [3.8, 4) is 0 Å². The van der Waals surface area contributed by atoms with Crippen LogP contribution >= 0.6 is 0 Å². The largest absolute Gasteiger partial charge is 0.340 e. The zero-order chi connectivity index (χ0) is 16.1. The highest BCUT2D eigenvalue weighted by Crippen LogP contribution is 2.19. The predicted molar refractivity (Wildman–Crippen MR) is 93.1 cm³/mol. The number of hydrogen-bond donors (Lipinski definition) is 1. The maximum Gasteiger partial charge on any atom is 0.254 e. The first kappa shape index (κ1) is 15.5. The van der Waals surface area contributed by atoms with E-state index in [1.165, 1.54) is 37.6 Å². The zero-order valence-electron chi connectivity index (χ0n) is 13.8. The third-order valence-corrected chi connectivity index (χ3v) is 3.93.